The van der Waals surface area contributed by atoms with Crippen molar-refractivity contribution in [2.24, 2.45) is 4.99 Å². The third-order valence-electron chi connectivity index (χ3n) is 1.33. The number of aliphatic imine (C=N–C) groups is 1. The molecule has 12 heavy (non-hydrogen) atoms. The first-order valence-electron chi connectivity index (χ1n) is 3.87. The summed E-state index contributed by atoms with van der Waals surface area (Å²) in [5.74, 6) is 0. The number of rotatable bonds is 4. The van der Waals surface area contributed by atoms with Gasteiger partial charge in [-0.05, 0) is 35.4 Å². The third kappa shape index (κ3) is 6.10. The number of hydrogen-bond acceptors (Lipinski definition) is 1. The number of nitrogens with zero attached hydrogens (tertiary/aromatic N) is 1. The van der Waals surface area contributed by atoms with Crippen LogP contribution in [0.15, 0.2) is 40.0 Å². The molecule has 0 bridgehead atoms. The van der Waals surface area contributed by atoms with E-state index in [-0.39, 0.29) is 0 Å². The monoisotopic (exact) mass is 227 g/mol. The molecule has 0 aliphatic heterocycles. The molecule has 0 unspecified atom stereocenters. The van der Waals surface area contributed by atoms with Crippen molar-refractivity contribution in [1.29, 1.82) is 0 Å². The molecule has 2 heteroatoms. The molecule has 0 spiro atoms. The van der Waals surface area contributed by atoms with Gasteiger partial charge in [0.25, 0.3) is 0 Å². The molecule has 0 aliphatic carbocycles. The van der Waals surface area contributed by atoms with E-state index in [9.17, 15) is 0 Å². The van der Waals surface area contributed by atoms with Gasteiger partial charge in [0.1, 0.15) is 0 Å². The van der Waals surface area contributed by atoms with Gasteiger partial charge in [0, 0.05) is 16.9 Å². The molecule has 1 nitrogen and oxygen atoms in total. The molecule has 0 fully saturated rings. The van der Waals surface area contributed by atoms with Crippen LogP contribution in [0.2, 0.25) is 0 Å². The Morgan fingerprint density at radius 1 is 1.58 bits per heavy atom. The Morgan fingerprint density at radius 2 is 2.25 bits per heavy atom. The van der Waals surface area contributed by atoms with Gasteiger partial charge in [-0.3, -0.25) is 4.99 Å². The molecule has 0 atom stereocenters. The van der Waals surface area contributed by atoms with Crippen LogP contribution in [0.25, 0.3) is 0 Å². The fourth-order valence-electron chi connectivity index (χ4n) is 0.550. The molecular weight excluding hydrogens is 214 g/mol. The predicted molar refractivity (Wildman–Crippen MR) is 59.7 cm³/mol. The normalized spacial score (nSPS) is 13.9. The summed E-state index contributed by atoms with van der Waals surface area (Å²) in [6.07, 6.45) is 8.17. The zero-order valence-corrected chi connectivity index (χ0v) is 9.13. The van der Waals surface area contributed by atoms with E-state index in [4.69, 9.17) is 0 Å². The lowest BCUT2D eigenvalue weighted by Gasteiger charge is -1.92. The summed E-state index contributed by atoms with van der Waals surface area (Å²) in [4.78, 5) is 3.98. The Morgan fingerprint density at radius 3 is 2.75 bits per heavy atom. The van der Waals surface area contributed by atoms with Gasteiger partial charge in [-0.1, -0.05) is 25.2 Å². The molecule has 0 radical (unpaired) electrons. The van der Waals surface area contributed by atoms with Crippen LogP contribution in [0.3, 0.4) is 0 Å². The highest BCUT2D eigenvalue weighted by Crippen LogP contribution is 2.11. The highest BCUT2D eigenvalue weighted by molar-refractivity contribution is 9.11. The Labute approximate surface area is 82.7 Å². The number of hydrogen-bond donors (Lipinski definition) is 0. The van der Waals surface area contributed by atoms with Gasteiger partial charge in [0.2, 0.25) is 0 Å². The zero-order valence-electron chi connectivity index (χ0n) is 7.55. The van der Waals surface area contributed by atoms with E-state index in [0.717, 1.165) is 10.9 Å². The molecular formula is C10H14BrN. The Bertz CT molecular complexity index is 224. The average Bonchev–Trinajstić information content (AvgIpc) is 2.05. The van der Waals surface area contributed by atoms with Crippen molar-refractivity contribution >= 4 is 22.1 Å². The van der Waals surface area contributed by atoms with Crippen molar-refractivity contribution in [2.75, 3.05) is 0 Å². The van der Waals surface area contributed by atoms with Crippen LogP contribution in [-0.4, -0.2) is 6.21 Å². The summed E-state index contributed by atoms with van der Waals surface area (Å²) in [6, 6.07) is 0. The van der Waals surface area contributed by atoms with Crippen LogP contribution < -0.4 is 0 Å². The first-order chi connectivity index (χ1) is 5.70. The van der Waals surface area contributed by atoms with Gasteiger partial charge >= 0.3 is 0 Å². The summed E-state index contributed by atoms with van der Waals surface area (Å²) in [5, 5.41) is 0. The maximum Gasteiger partial charge on any atom is 0.0410 e. The van der Waals surface area contributed by atoms with E-state index in [2.05, 4.69) is 47.4 Å². The Kier molecular flexibility index (Phi) is 6.67. The fourth-order valence-corrected chi connectivity index (χ4v) is 1.06. The highest BCUT2D eigenvalue weighted by Gasteiger charge is 1.86. The van der Waals surface area contributed by atoms with Crippen molar-refractivity contribution < 1.29 is 0 Å². The minimum atomic E-state index is 0.986. The highest BCUT2D eigenvalue weighted by atomic mass is 79.9. The second-order valence-electron chi connectivity index (χ2n) is 2.39. The number of allylic oxidation sites excluding steroid dienone is 4. The summed E-state index contributed by atoms with van der Waals surface area (Å²) in [6.45, 7) is 7.74. The second kappa shape index (κ2) is 7.04. The molecule has 0 aromatic heterocycles. The lowest BCUT2D eigenvalue weighted by molar-refractivity contribution is 1.10. The van der Waals surface area contributed by atoms with Crippen LogP contribution in [0.1, 0.15) is 20.3 Å². The smallest absolute Gasteiger partial charge is 0.0410 e. The summed E-state index contributed by atoms with van der Waals surface area (Å²) in [5.41, 5.74) is 1.33. The van der Waals surface area contributed by atoms with E-state index in [1.807, 2.05) is 0 Å². The van der Waals surface area contributed by atoms with Crippen LogP contribution in [0, 0.1) is 0 Å². The van der Waals surface area contributed by atoms with Crippen LogP contribution >= 0.6 is 15.9 Å². The van der Waals surface area contributed by atoms with Gasteiger partial charge in [-0.25, -0.2) is 0 Å². The van der Waals surface area contributed by atoms with E-state index in [1.54, 1.807) is 18.5 Å². The maximum atomic E-state index is 3.98. The minimum absolute atomic E-state index is 0.986. The first kappa shape index (κ1) is 11.4. The fraction of sp³-hybridized carbons (Fsp3) is 0.300. The molecule has 0 aromatic rings. The summed E-state index contributed by atoms with van der Waals surface area (Å²) >= 11 is 3.39. The van der Waals surface area contributed by atoms with E-state index >= 15 is 0 Å². The second-order valence-corrected chi connectivity index (χ2v) is 3.31. The van der Waals surface area contributed by atoms with Crippen molar-refractivity contribution in [2.45, 2.75) is 20.3 Å². The van der Waals surface area contributed by atoms with E-state index in [1.165, 1.54) is 5.57 Å². The molecule has 66 valence electrons. The van der Waals surface area contributed by atoms with Crippen molar-refractivity contribution in [3.63, 3.8) is 0 Å². The van der Waals surface area contributed by atoms with E-state index in [0.29, 0.717) is 0 Å². The molecule has 0 saturated heterocycles. The average molecular weight is 228 g/mol. The first-order valence-corrected chi connectivity index (χ1v) is 4.67. The van der Waals surface area contributed by atoms with Gasteiger partial charge in [0.15, 0.2) is 0 Å². The van der Waals surface area contributed by atoms with Gasteiger partial charge in [-0.15, -0.1) is 0 Å². The summed E-state index contributed by atoms with van der Waals surface area (Å²) in [7, 11) is 0. The van der Waals surface area contributed by atoms with Crippen LogP contribution in [-0.2, 0) is 0 Å². The molecule has 0 rings (SSSR count). The van der Waals surface area contributed by atoms with Gasteiger partial charge in [0.05, 0.1) is 0 Å². The van der Waals surface area contributed by atoms with Crippen molar-refractivity contribution in [3.05, 3.63) is 35.0 Å². The van der Waals surface area contributed by atoms with Gasteiger partial charge in [-0.2, -0.15) is 0 Å². The van der Waals surface area contributed by atoms with Crippen molar-refractivity contribution in [3.8, 4) is 0 Å². The Balaban J connectivity index is 4.19. The SMILES string of the molecule is C=CC=NC=C(Br)C=C(C)CC. The topological polar surface area (TPSA) is 12.4 Å². The molecule has 0 N–H and O–H groups in total. The number of halogens is 1. The standard InChI is InChI=1S/C10H14BrN/c1-4-6-12-8-10(11)7-9(3)5-2/h4,6-8H,1,5H2,2-3H3. The quantitative estimate of drug-likeness (QED) is 0.512. The van der Waals surface area contributed by atoms with Crippen LogP contribution in [0.4, 0.5) is 0 Å². The molecule has 0 amide bonds. The summed E-state index contributed by atoms with van der Waals surface area (Å²) < 4.78 is 0.986. The lowest BCUT2D eigenvalue weighted by atomic mass is 10.2. The molecule has 0 aromatic carbocycles. The lowest BCUT2D eigenvalue weighted by Crippen LogP contribution is -1.71. The third-order valence-corrected chi connectivity index (χ3v) is 1.76. The van der Waals surface area contributed by atoms with Gasteiger partial charge < -0.3 is 0 Å². The zero-order chi connectivity index (χ0) is 9.40. The minimum Gasteiger partial charge on any atom is -0.264 e. The Hall–Kier alpha value is -0.630. The molecule has 0 heterocycles. The van der Waals surface area contributed by atoms with E-state index < -0.39 is 0 Å². The van der Waals surface area contributed by atoms with Crippen LogP contribution in [0.5, 0.6) is 0 Å². The largest absolute Gasteiger partial charge is 0.264 e. The predicted octanol–water partition coefficient (Wildman–Crippen LogP) is 3.84. The molecule has 0 saturated carbocycles. The maximum absolute atomic E-state index is 3.98. The molecule has 0 aliphatic rings. The van der Waals surface area contributed by atoms with Crippen molar-refractivity contribution in [1.82, 2.24) is 0 Å².